The van der Waals surface area contributed by atoms with E-state index in [4.69, 9.17) is 14.2 Å². The molecule has 1 aliphatic heterocycles. The minimum absolute atomic E-state index is 0.0111. The number of rotatable bonds is 6. The highest BCUT2D eigenvalue weighted by molar-refractivity contribution is 5.55. The van der Waals surface area contributed by atoms with Crippen LogP contribution in [0, 0.1) is 11.7 Å². The molecule has 2 rings (SSSR count). The van der Waals surface area contributed by atoms with Gasteiger partial charge in [-0.25, -0.2) is 4.39 Å². The highest BCUT2D eigenvalue weighted by Gasteiger charge is 2.38. The van der Waals surface area contributed by atoms with Crippen molar-refractivity contribution in [1.29, 1.82) is 0 Å². The van der Waals surface area contributed by atoms with Crippen molar-refractivity contribution in [2.45, 2.75) is 39.2 Å². The smallest absolute Gasteiger partial charge is 0.422 e. The summed E-state index contributed by atoms with van der Waals surface area (Å²) in [6, 6.07) is 2.44. The highest BCUT2D eigenvalue weighted by Crippen LogP contribution is 2.39. The Morgan fingerprint density at radius 3 is 2.52 bits per heavy atom. The molecule has 1 aliphatic rings. The SMILES string of the molecule is CCOc1ccc(/C=C/C2CCC(OCC)OC2)c(F)c1C(F)(F)F. The van der Waals surface area contributed by atoms with Crippen molar-refractivity contribution < 1.29 is 31.8 Å². The fourth-order valence-corrected chi connectivity index (χ4v) is 2.70. The molecule has 0 aromatic heterocycles. The molecule has 0 spiro atoms. The first-order valence-electron chi connectivity index (χ1n) is 8.30. The van der Waals surface area contributed by atoms with Crippen LogP contribution in [0.25, 0.3) is 6.08 Å². The molecule has 1 fully saturated rings. The summed E-state index contributed by atoms with van der Waals surface area (Å²) in [6.07, 6.45) is -0.546. The maximum Gasteiger partial charge on any atom is 0.422 e. The second kappa shape index (κ2) is 8.67. The van der Waals surface area contributed by atoms with Crippen LogP contribution in [0.2, 0.25) is 0 Å². The number of benzene rings is 1. The zero-order chi connectivity index (χ0) is 18.4. The monoisotopic (exact) mass is 362 g/mol. The van der Waals surface area contributed by atoms with E-state index in [0.29, 0.717) is 19.6 Å². The normalized spacial score (nSPS) is 21.7. The first-order valence-corrected chi connectivity index (χ1v) is 8.30. The lowest BCUT2D eigenvalue weighted by molar-refractivity contribution is -0.167. The molecule has 1 heterocycles. The molecule has 2 atom stereocenters. The topological polar surface area (TPSA) is 27.7 Å². The van der Waals surface area contributed by atoms with Crippen molar-refractivity contribution in [3.05, 3.63) is 35.2 Å². The Bertz CT molecular complexity index is 591. The molecule has 0 N–H and O–H groups in total. The van der Waals surface area contributed by atoms with Gasteiger partial charge in [0.05, 0.1) is 13.2 Å². The summed E-state index contributed by atoms with van der Waals surface area (Å²) in [7, 11) is 0. The lowest BCUT2D eigenvalue weighted by Gasteiger charge is -2.27. The molecule has 3 nitrogen and oxygen atoms in total. The summed E-state index contributed by atoms with van der Waals surface area (Å²) in [6.45, 7) is 4.40. The third-order valence-corrected chi connectivity index (χ3v) is 3.89. The predicted molar refractivity (Wildman–Crippen MR) is 85.7 cm³/mol. The van der Waals surface area contributed by atoms with Crippen molar-refractivity contribution in [1.82, 2.24) is 0 Å². The van der Waals surface area contributed by atoms with Crippen molar-refractivity contribution in [3.63, 3.8) is 0 Å². The molecule has 0 saturated carbocycles. The summed E-state index contributed by atoms with van der Waals surface area (Å²) in [5, 5.41) is 0. The van der Waals surface area contributed by atoms with E-state index in [1.165, 1.54) is 12.1 Å². The standard InChI is InChI=1S/C18H22F4O3/c1-3-23-14-9-8-13(17(19)16(14)18(20,21)22)7-5-12-6-10-15(24-4-2)25-11-12/h5,7-9,12,15H,3-4,6,10-11H2,1-2H3/b7-5+. The van der Waals surface area contributed by atoms with Gasteiger partial charge < -0.3 is 14.2 Å². The van der Waals surface area contributed by atoms with E-state index in [1.807, 2.05) is 6.92 Å². The summed E-state index contributed by atoms with van der Waals surface area (Å²) < 4.78 is 69.6. The second-order valence-corrected chi connectivity index (χ2v) is 5.69. The van der Waals surface area contributed by atoms with Crippen LogP contribution < -0.4 is 4.74 Å². The van der Waals surface area contributed by atoms with Gasteiger partial charge in [0, 0.05) is 18.1 Å². The van der Waals surface area contributed by atoms with Gasteiger partial charge in [-0.05, 0) is 38.8 Å². The van der Waals surface area contributed by atoms with Crippen LogP contribution in [0.15, 0.2) is 18.2 Å². The Morgan fingerprint density at radius 1 is 1.20 bits per heavy atom. The average molecular weight is 362 g/mol. The van der Waals surface area contributed by atoms with Crippen molar-refractivity contribution >= 4 is 6.08 Å². The quantitative estimate of drug-likeness (QED) is 0.663. The lowest BCUT2D eigenvalue weighted by atomic mass is 9.99. The van der Waals surface area contributed by atoms with Gasteiger partial charge >= 0.3 is 6.18 Å². The number of hydrogen-bond acceptors (Lipinski definition) is 3. The van der Waals surface area contributed by atoms with Crippen molar-refractivity contribution in [2.24, 2.45) is 5.92 Å². The van der Waals surface area contributed by atoms with Crippen LogP contribution in [-0.2, 0) is 15.7 Å². The van der Waals surface area contributed by atoms with Gasteiger partial charge in [-0.1, -0.05) is 12.2 Å². The molecular weight excluding hydrogens is 340 g/mol. The Labute approximate surface area is 144 Å². The fourth-order valence-electron chi connectivity index (χ4n) is 2.70. The summed E-state index contributed by atoms with van der Waals surface area (Å²) in [5.41, 5.74) is -1.49. The Kier molecular flexibility index (Phi) is 6.84. The zero-order valence-corrected chi connectivity index (χ0v) is 14.2. The third-order valence-electron chi connectivity index (χ3n) is 3.89. The molecule has 140 valence electrons. The van der Waals surface area contributed by atoms with Crippen LogP contribution in [0.4, 0.5) is 17.6 Å². The van der Waals surface area contributed by atoms with E-state index in [1.54, 1.807) is 13.0 Å². The molecule has 1 aromatic rings. The largest absolute Gasteiger partial charge is 0.493 e. The summed E-state index contributed by atoms with van der Waals surface area (Å²) >= 11 is 0. The molecule has 2 unspecified atom stereocenters. The maximum atomic E-state index is 14.4. The molecule has 1 saturated heterocycles. The van der Waals surface area contributed by atoms with E-state index < -0.39 is 23.3 Å². The third kappa shape index (κ3) is 5.19. The summed E-state index contributed by atoms with van der Waals surface area (Å²) in [5.74, 6) is -1.80. The number of hydrogen-bond donors (Lipinski definition) is 0. The van der Waals surface area contributed by atoms with Crippen LogP contribution >= 0.6 is 0 Å². The first kappa shape index (κ1) is 19.7. The van der Waals surface area contributed by atoms with E-state index in [2.05, 4.69) is 0 Å². The highest BCUT2D eigenvalue weighted by atomic mass is 19.4. The van der Waals surface area contributed by atoms with Crippen molar-refractivity contribution in [2.75, 3.05) is 19.8 Å². The molecular formula is C18H22F4O3. The van der Waals surface area contributed by atoms with Gasteiger partial charge in [0.15, 0.2) is 6.29 Å². The number of halogens is 4. The Hall–Kier alpha value is -1.60. The number of alkyl halides is 3. The molecule has 25 heavy (non-hydrogen) atoms. The second-order valence-electron chi connectivity index (χ2n) is 5.69. The lowest BCUT2D eigenvalue weighted by Crippen LogP contribution is -2.27. The minimum atomic E-state index is -4.82. The van der Waals surface area contributed by atoms with E-state index >= 15 is 0 Å². The minimum Gasteiger partial charge on any atom is -0.493 e. The van der Waals surface area contributed by atoms with Gasteiger partial charge in [0.25, 0.3) is 0 Å². The van der Waals surface area contributed by atoms with Crippen LogP contribution in [-0.4, -0.2) is 26.1 Å². The molecule has 1 aromatic carbocycles. The Morgan fingerprint density at radius 2 is 1.96 bits per heavy atom. The molecule has 0 amide bonds. The number of ether oxygens (including phenoxy) is 3. The van der Waals surface area contributed by atoms with Gasteiger partial charge in [0.1, 0.15) is 17.1 Å². The van der Waals surface area contributed by atoms with Gasteiger partial charge in [-0.15, -0.1) is 0 Å². The Balaban J connectivity index is 2.15. The van der Waals surface area contributed by atoms with Crippen LogP contribution in [0.3, 0.4) is 0 Å². The molecule has 0 radical (unpaired) electrons. The van der Waals surface area contributed by atoms with Gasteiger partial charge in [0.2, 0.25) is 0 Å². The molecule has 0 bridgehead atoms. The maximum absolute atomic E-state index is 14.4. The summed E-state index contributed by atoms with van der Waals surface area (Å²) in [4.78, 5) is 0. The molecule has 7 heteroatoms. The van der Waals surface area contributed by atoms with Crippen LogP contribution in [0.1, 0.15) is 37.8 Å². The van der Waals surface area contributed by atoms with E-state index in [9.17, 15) is 17.6 Å². The first-order chi connectivity index (χ1) is 11.9. The zero-order valence-electron chi connectivity index (χ0n) is 14.2. The van der Waals surface area contributed by atoms with Gasteiger partial charge in [-0.2, -0.15) is 13.2 Å². The predicted octanol–water partition coefficient (Wildman–Crippen LogP) is 5.05. The molecule has 0 aliphatic carbocycles. The van der Waals surface area contributed by atoms with Gasteiger partial charge in [-0.3, -0.25) is 0 Å². The van der Waals surface area contributed by atoms with Crippen LogP contribution in [0.5, 0.6) is 5.75 Å². The fraction of sp³-hybridized carbons (Fsp3) is 0.556. The average Bonchev–Trinajstić information content (AvgIpc) is 2.55. The van der Waals surface area contributed by atoms with E-state index in [-0.39, 0.29) is 24.4 Å². The van der Waals surface area contributed by atoms with Crippen molar-refractivity contribution in [3.8, 4) is 5.75 Å². The van der Waals surface area contributed by atoms with E-state index in [0.717, 1.165) is 12.5 Å².